The Bertz CT molecular complexity index is 960. The lowest BCUT2D eigenvalue weighted by Crippen LogP contribution is -2.29. The van der Waals surface area contributed by atoms with E-state index in [0.29, 0.717) is 23.9 Å². The summed E-state index contributed by atoms with van der Waals surface area (Å²) >= 11 is 0. The van der Waals surface area contributed by atoms with Crippen LogP contribution in [-0.2, 0) is 6.42 Å². The van der Waals surface area contributed by atoms with Crippen molar-refractivity contribution in [2.24, 2.45) is 0 Å². The molecular formula is C22H24FN5O. The van der Waals surface area contributed by atoms with Gasteiger partial charge in [-0.1, -0.05) is 12.1 Å². The van der Waals surface area contributed by atoms with E-state index in [9.17, 15) is 14.8 Å². The van der Waals surface area contributed by atoms with Crippen LogP contribution in [0.3, 0.4) is 0 Å². The van der Waals surface area contributed by atoms with Crippen molar-refractivity contribution >= 4 is 17.3 Å². The van der Waals surface area contributed by atoms with Crippen LogP contribution in [0.15, 0.2) is 30.5 Å². The Kier molecular flexibility index (Phi) is 5.72. The van der Waals surface area contributed by atoms with E-state index in [4.69, 9.17) is 0 Å². The average Bonchev–Trinajstić information content (AvgIpc) is 3.12. The number of nitrogens with one attached hydrogen (secondary N) is 2. The van der Waals surface area contributed by atoms with Gasteiger partial charge in [-0.3, -0.25) is 0 Å². The summed E-state index contributed by atoms with van der Waals surface area (Å²) in [6.45, 7) is 0.642. The van der Waals surface area contributed by atoms with E-state index in [1.54, 1.807) is 6.07 Å². The second-order valence-corrected chi connectivity index (χ2v) is 7.63. The number of allylic oxidation sites excluding steroid dienone is 1. The maximum absolute atomic E-state index is 13.4. The first kappa shape index (κ1) is 19.3. The smallest absolute Gasteiger partial charge is 0.224 e. The molecule has 0 radical (unpaired) electrons. The number of aromatic nitrogens is 2. The summed E-state index contributed by atoms with van der Waals surface area (Å²) in [4.78, 5) is 8.73. The average molecular weight is 393 g/mol. The monoisotopic (exact) mass is 393 g/mol. The highest BCUT2D eigenvalue weighted by Gasteiger charge is 2.21. The summed E-state index contributed by atoms with van der Waals surface area (Å²) in [7, 11) is 0. The minimum absolute atomic E-state index is 0.199. The molecule has 150 valence electrons. The fraction of sp³-hybridized carbons (Fsp3) is 0.409. The standard InChI is InChI=1S/C22H24FN5O/c23-17-3-8-20-14(1-2-15(20)11-17)9-10-25-22-26-13-16(12-24)21(28-22)27-18-4-6-19(29)7-5-18/h1,3,8,11,13,18-19,29H,2,4-7,9-10H2,(H2,25,26,27,28). The van der Waals surface area contributed by atoms with Crippen molar-refractivity contribution in [3.05, 3.63) is 53.0 Å². The zero-order valence-electron chi connectivity index (χ0n) is 16.2. The van der Waals surface area contributed by atoms with Gasteiger partial charge in [0.15, 0.2) is 0 Å². The molecule has 6 nitrogen and oxygen atoms in total. The molecule has 0 saturated heterocycles. The van der Waals surface area contributed by atoms with Gasteiger partial charge >= 0.3 is 0 Å². The van der Waals surface area contributed by atoms with Crippen molar-refractivity contribution in [2.75, 3.05) is 17.2 Å². The number of fused-ring (bicyclic) bond motifs is 1. The highest BCUT2D eigenvalue weighted by molar-refractivity contribution is 5.73. The molecule has 1 saturated carbocycles. The lowest BCUT2D eigenvalue weighted by Gasteiger charge is -2.26. The molecule has 0 aliphatic heterocycles. The molecule has 29 heavy (non-hydrogen) atoms. The zero-order valence-corrected chi connectivity index (χ0v) is 16.2. The molecule has 4 rings (SSSR count). The fourth-order valence-electron chi connectivity index (χ4n) is 4.01. The number of rotatable bonds is 6. The first-order valence-corrected chi connectivity index (χ1v) is 10.1. The number of aliphatic hydroxyl groups is 1. The number of aliphatic hydroxyl groups excluding tert-OH is 1. The minimum atomic E-state index is -0.224. The van der Waals surface area contributed by atoms with Crippen molar-refractivity contribution < 1.29 is 9.50 Å². The topological polar surface area (TPSA) is 93.9 Å². The highest BCUT2D eigenvalue weighted by Crippen LogP contribution is 2.30. The van der Waals surface area contributed by atoms with Gasteiger partial charge in [-0.25, -0.2) is 9.37 Å². The van der Waals surface area contributed by atoms with Gasteiger partial charge in [-0.2, -0.15) is 10.2 Å². The second-order valence-electron chi connectivity index (χ2n) is 7.63. The van der Waals surface area contributed by atoms with Crippen LogP contribution in [0.2, 0.25) is 0 Å². The lowest BCUT2D eigenvalue weighted by atomic mass is 9.93. The number of halogens is 1. The normalized spacial score (nSPS) is 20.5. The maximum atomic E-state index is 13.4. The quantitative estimate of drug-likeness (QED) is 0.694. The van der Waals surface area contributed by atoms with Gasteiger partial charge in [-0.15, -0.1) is 0 Å². The van der Waals surface area contributed by atoms with Crippen LogP contribution < -0.4 is 10.6 Å². The number of anilines is 2. The molecule has 1 aromatic carbocycles. The Hall–Kier alpha value is -2.98. The zero-order chi connectivity index (χ0) is 20.2. The maximum Gasteiger partial charge on any atom is 0.224 e. The largest absolute Gasteiger partial charge is 0.393 e. The van der Waals surface area contributed by atoms with E-state index >= 15 is 0 Å². The molecule has 0 atom stereocenters. The van der Waals surface area contributed by atoms with Gasteiger partial charge in [0.05, 0.1) is 12.3 Å². The van der Waals surface area contributed by atoms with Crippen LogP contribution in [0, 0.1) is 17.1 Å². The first-order valence-electron chi connectivity index (χ1n) is 10.1. The Balaban J connectivity index is 1.37. The lowest BCUT2D eigenvalue weighted by molar-refractivity contribution is 0.126. The minimum Gasteiger partial charge on any atom is -0.393 e. The summed E-state index contributed by atoms with van der Waals surface area (Å²) in [5, 5.41) is 25.6. The first-order chi connectivity index (χ1) is 14.1. The van der Waals surface area contributed by atoms with Gasteiger partial charge in [-0.05, 0) is 67.4 Å². The van der Waals surface area contributed by atoms with Gasteiger partial charge in [0.25, 0.3) is 0 Å². The molecule has 0 amide bonds. The van der Waals surface area contributed by atoms with Crippen LogP contribution in [-0.4, -0.2) is 33.8 Å². The van der Waals surface area contributed by atoms with Crippen LogP contribution >= 0.6 is 0 Å². The summed E-state index contributed by atoms with van der Waals surface area (Å²) in [5.74, 6) is 0.808. The molecule has 1 aromatic heterocycles. The van der Waals surface area contributed by atoms with Crippen molar-refractivity contribution in [1.82, 2.24) is 9.97 Å². The van der Waals surface area contributed by atoms with Crippen LogP contribution in [0.5, 0.6) is 0 Å². The number of benzene rings is 1. The van der Waals surface area contributed by atoms with E-state index in [2.05, 4.69) is 32.7 Å². The predicted molar refractivity (Wildman–Crippen MR) is 110 cm³/mol. The van der Waals surface area contributed by atoms with Gasteiger partial charge in [0, 0.05) is 12.6 Å². The Labute approximate surface area is 169 Å². The Morgan fingerprint density at radius 1 is 1.24 bits per heavy atom. The third kappa shape index (κ3) is 4.54. The summed E-state index contributed by atoms with van der Waals surface area (Å²) in [6, 6.07) is 7.27. The molecule has 3 N–H and O–H groups in total. The third-order valence-corrected chi connectivity index (χ3v) is 5.61. The molecular weight excluding hydrogens is 369 g/mol. The molecule has 0 spiro atoms. The van der Waals surface area contributed by atoms with E-state index in [1.807, 2.05) is 6.07 Å². The van der Waals surface area contributed by atoms with Crippen molar-refractivity contribution in [2.45, 2.75) is 50.7 Å². The van der Waals surface area contributed by atoms with Gasteiger partial charge in [0.1, 0.15) is 23.3 Å². The fourth-order valence-corrected chi connectivity index (χ4v) is 4.01. The number of hydrogen-bond donors (Lipinski definition) is 3. The molecule has 1 heterocycles. The molecule has 2 aliphatic rings. The third-order valence-electron chi connectivity index (χ3n) is 5.61. The van der Waals surface area contributed by atoms with Crippen LogP contribution in [0.4, 0.5) is 16.2 Å². The Morgan fingerprint density at radius 2 is 2.07 bits per heavy atom. The molecule has 2 aliphatic carbocycles. The van der Waals surface area contributed by atoms with Crippen molar-refractivity contribution in [3.8, 4) is 6.07 Å². The van der Waals surface area contributed by atoms with E-state index < -0.39 is 0 Å². The molecule has 0 unspecified atom stereocenters. The SMILES string of the molecule is N#Cc1cnc(NCCC2=CCc3cc(F)ccc32)nc1NC1CCC(O)CC1. The Morgan fingerprint density at radius 3 is 2.86 bits per heavy atom. The molecule has 1 fully saturated rings. The molecule has 7 heteroatoms. The van der Waals surface area contributed by atoms with Crippen molar-refractivity contribution in [1.29, 1.82) is 5.26 Å². The molecule has 2 aromatic rings. The van der Waals surface area contributed by atoms with E-state index in [-0.39, 0.29) is 18.0 Å². The number of nitriles is 1. The number of hydrogen-bond acceptors (Lipinski definition) is 6. The second kappa shape index (κ2) is 8.58. The summed E-state index contributed by atoms with van der Waals surface area (Å²) in [6.07, 6.45) is 8.22. The summed E-state index contributed by atoms with van der Waals surface area (Å²) in [5.41, 5.74) is 3.74. The van der Waals surface area contributed by atoms with Gasteiger partial charge in [0.2, 0.25) is 5.95 Å². The van der Waals surface area contributed by atoms with E-state index in [1.165, 1.54) is 17.8 Å². The van der Waals surface area contributed by atoms with Crippen LogP contribution in [0.25, 0.3) is 5.57 Å². The van der Waals surface area contributed by atoms with E-state index in [0.717, 1.165) is 49.7 Å². The number of nitrogens with zero attached hydrogens (tertiary/aromatic N) is 3. The highest BCUT2D eigenvalue weighted by atomic mass is 19.1. The molecule has 0 bridgehead atoms. The summed E-state index contributed by atoms with van der Waals surface area (Å²) < 4.78 is 13.4. The van der Waals surface area contributed by atoms with Crippen molar-refractivity contribution in [3.63, 3.8) is 0 Å². The predicted octanol–water partition coefficient (Wildman–Crippen LogP) is 3.64. The van der Waals surface area contributed by atoms with Crippen LogP contribution in [0.1, 0.15) is 48.8 Å². The van der Waals surface area contributed by atoms with Gasteiger partial charge < -0.3 is 15.7 Å².